The Morgan fingerprint density at radius 3 is 2.42 bits per heavy atom. The molecule has 1 aromatic heterocycles. The monoisotopic (exact) mass is 232 g/mol. The predicted octanol–water partition coefficient (Wildman–Crippen LogP) is -0.0211. The molecule has 1 rings (SSSR count). The zero-order valence-corrected chi connectivity index (χ0v) is 8.46. The summed E-state index contributed by atoms with van der Waals surface area (Å²) in [6, 6.07) is 1.44. The number of nitrogens with zero attached hydrogens (tertiary/aromatic N) is 2. The van der Waals surface area contributed by atoms with Crippen LogP contribution in [0.5, 0.6) is 0 Å². The molecule has 0 unspecified atom stereocenters. The first-order chi connectivity index (χ1) is 5.57. The summed E-state index contributed by atoms with van der Waals surface area (Å²) >= 11 is 3.19. The van der Waals surface area contributed by atoms with Gasteiger partial charge in [0.05, 0.1) is 0 Å². The smallest absolute Gasteiger partial charge is 0.300 e. The van der Waals surface area contributed by atoms with Gasteiger partial charge in [-0.3, -0.25) is 13.9 Å². The lowest BCUT2D eigenvalue weighted by Crippen LogP contribution is -2.37. The number of aromatic nitrogens is 2. The summed E-state index contributed by atoms with van der Waals surface area (Å²) in [5.41, 5.74) is 0.118. The summed E-state index contributed by atoms with van der Waals surface area (Å²) in [5.74, 6) is 0. The largest absolute Gasteiger partial charge is 0.330 e. The fourth-order valence-corrected chi connectivity index (χ4v) is 1.44. The summed E-state index contributed by atoms with van der Waals surface area (Å²) in [6.07, 6.45) is 0. The highest BCUT2D eigenvalue weighted by atomic mass is 79.9. The molecule has 12 heavy (non-hydrogen) atoms. The number of rotatable bonds is 1. The molecule has 0 radical (unpaired) electrons. The maximum Gasteiger partial charge on any atom is 0.330 e. The minimum atomic E-state index is -0.294. The molecule has 0 aliphatic heterocycles. The molecule has 1 aromatic rings. The van der Waals surface area contributed by atoms with Gasteiger partial charge in [0, 0.05) is 31.2 Å². The van der Waals surface area contributed by atoms with Crippen molar-refractivity contribution in [2.45, 2.75) is 5.33 Å². The van der Waals surface area contributed by atoms with E-state index in [1.165, 1.54) is 17.7 Å². The summed E-state index contributed by atoms with van der Waals surface area (Å²) < 4.78 is 2.52. The molecule has 0 aliphatic rings. The third-order valence-electron chi connectivity index (χ3n) is 1.76. The predicted molar refractivity (Wildman–Crippen MR) is 49.6 cm³/mol. The van der Waals surface area contributed by atoms with E-state index in [0.717, 1.165) is 4.57 Å². The van der Waals surface area contributed by atoms with E-state index in [1.807, 2.05) is 0 Å². The summed E-state index contributed by atoms with van der Waals surface area (Å²) in [6.45, 7) is 0. The second kappa shape index (κ2) is 3.26. The van der Waals surface area contributed by atoms with E-state index < -0.39 is 0 Å². The molecule has 0 saturated heterocycles. The van der Waals surface area contributed by atoms with Gasteiger partial charge in [0.2, 0.25) is 0 Å². The van der Waals surface area contributed by atoms with Gasteiger partial charge < -0.3 is 0 Å². The molecule has 0 amide bonds. The van der Waals surface area contributed by atoms with Crippen molar-refractivity contribution in [2.75, 3.05) is 0 Å². The van der Waals surface area contributed by atoms with Crippen LogP contribution in [0, 0.1) is 0 Å². The van der Waals surface area contributed by atoms with Crippen molar-refractivity contribution in [3.05, 3.63) is 32.6 Å². The van der Waals surface area contributed by atoms with Crippen molar-refractivity contribution in [3.8, 4) is 0 Å². The highest BCUT2D eigenvalue weighted by Crippen LogP contribution is 1.97. The molecule has 66 valence electrons. The number of alkyl halides is 1. The van der Waals surface area contributed by atoms with Crippen LogP contribution in [0.15, 0.2) is 15.7 Å². The van der Waals surface area contributed by atoms with E-state index in [0.29, 0.717) is 11.0 Å². The highest BCUT2D eigenvalue weighted by molar-refractivity contribution is 9.08. The zero-order valence-electron chi connectivity index (χ0n) is 6.87. The maximum atomic E-state index is 11.3. The van der Waals surface area contributed by atoms with Crippen molar-refractivity contribution in [2.24, 2.45) is 14.1 Å². The van der Waals surface area contributed by atoms with Crippen molar-refractivity contribution >= 4 is 15.9 Å². The lowest BCUT2D eigenvalue weighted by Gasteiger charge is -2.05. The molecule has 0 saturated carbocycles. The lowest BCUT2D eigenvalue weighted by atomic mass is 10.4. The Morgan fingerprint density at radius 1 is 1.33 bits per heavy atom. The van der Waals surface area contributed by atoms with Crippen LogP contribution in [0.25, 0.3) is 0 Å². The minimum absolute atomic E-state index is 0.271. The Bertz CT molecular complexity index is 405. The summed E-state index contributed by atoms with van der Waals surface area (Å²) in [4.78, 5) is 22.4. The van der Waals surface area contributed by atoms with Crippen molar-refractivity contribution < 1.29 is 0 Å². The van der Waals surface area contributed by atoms with E-state index in [4.69, 9.17) is 0 Å². The van der Waals surface area contributed by atoms with Gasteiger partial charge in [-0.15, -0.1) is 0 Å². The Morgan fingerprint density at radius 2 is 1.92 bits per heavy atom. The number of halogens is 1. The topological polar surface area (TPSA) is 44.0 Å². The van der Waals surface area contributed by atoms with Crippen molar-refractivity contribution in [1.82, 2.24) is 9.13 Å². The Kier molecular flexibility index (Phi) is 2.52. The first-order valence-electron chi connectivity index (χ1n) is 3.40. The van der Waals surface area contributed by atoms with E-state index in [9.17, 15) is 9.59 Å². The molecule has 0 aromatic carbocycles. The van der Waals surface area contributed by atoms with Gasteiger partial charge >= 0.3 is 5.69 Å². The third kappa shape index (κ3) is 1.36. The van der Waals surface area contributed by atoms with Crippen LogP contribution in [0.3, 0.4) is 0 Å². The van der Waals surface area contributed by atoms with Crippen LogP contribution in [-0.2, 0) is 19.4 Å². The Labute approximate surface area is 77.6 Å². The summed E-state index contributed by atoms with van der Waals surface area (Å²) in [5, 5.41) is 0.509. The molecule has 0 bridgehead atoms. The van der Waals surface area contributed by atoms with Crippen LogP contribution in [-0.4, -0.2) is 9.13 Å². The third-order valence-corrected chi connectivity index (χ3v) is 2.34. The second-order valence-corrected chi connectivity index (χ2v) is 3.07. The van der Waals surface area contributed by atoms with Gasteiger partial charge in [0.15, 0.2) is 0 Å². The van der Waals surface area contributed by atoms with Gasteiger partial charge in [0.25, 0.3) is 5.56 Å². The van der Waals surface area contributed by atoms with Crippen molar-refractivity contribution in [3.63, 3.8) is 0 Å². The standard InChI is InChI=1S/C7H9BrN2O2/c1-9-5(4-8)3-6(11)10(2)7(9)12/h3H,4H2,1-2H3. The van der Waals surface area contributed by atoms with Crippen LogP contribution < -0.4 is 11.2 Å². The summed E-state index contributed by atoms with van der Waals surface area (Å²) in [7, 11) is 3.10. The van der Waals surface area contributed by atoms with Gasteiger partial charge in [-0.1, -0.05) is 15.9 Å². The Hall–Kier alpha value is -0.840. The normalized spacial score (nSPS) is 10.2. The van der Waals surface area contributed by atoms with E-state index >= 15 is 0 Å². The fraction of sp³-hybridized carbons (Fsp3) is 0.429. The average Bonchev–Trinajstić information content (AvgIpc) is 2.08. The van der Waals surface area contributed by atoms with Gasteiger partial charge in [-0.2, -0.15) is 0 Å². The molecule has 5 heteroatoms. The lowest BCUT2D eigenvalue weighted by molar-refractivity contribution is 0.666. The molecular formula is C7H9BrN2O2. The van der Waals surface area contributed by atoms with E-state index in [1.54, 1.807) is 7.05 Å². The first-order valence-corrected chi connectivity index (χ1v) is 4.52. The number of hydrogen-bond acceptors (Lipinski definition) is 2. The average molecular weight is 233 g/mol. The molecule has 0 aliphatic carbocycles. The fourth-order valence-electron chi connectivity index (χ4n) is 0.907. The molecular weight excluding hydrogens is 224 g/mol. The minimum Gasteiger partial charge on any atom is -0.300 e. The molecule has 4 nitrogen and oxygen atoms in total. The van der Waals surface area contributed by atoms with Gasteiger partial charge in [-0.05, 0) is 0 Å². The highest BCUT2D eigenvalue weighted by Gasteiger charge is 2.02. The molecule has 0 fully saturated rings. The molecule has 1 heterocycles. The molecule has 0 spiro atoms. The van der Waals surface area contributed by atoms with Gasteiger partial charge in [-0.25, -0.2) is 4.79 Å². The molecule has 0 N–H and O–H groups in total. The van der Waals surface area contributed by atoms with Crippen LogP contribution in [0.2, 0.25) is 0 Å². The van der Waals surface area contributed by atoms with Crippen LogP contribution in [0.1, 0.15) is 5.69 Å². The zero-order chi connectivity index (χ0) is 9.30. The SMILES string of the molecule is Cn1c(CBr)cc(=O)n(C)c1=O. The first kappa shape index (κ1) is 9.25. The quantitative estimate of drug-likeness (QED) is 0.640. The molecule has 0 atom stereocenters. The maximum absolute atomic E-state index is 11.3. The Balaban J connectivity index is 3.61. The van der Waals surface area contributed by atoms with Crippen LogP contribution >= 0.6 is 15.9 Å². The van der Waals surface area contributed by atoms with Crippen molar-refractivity contribution in [1.29, 1.82) is 0 Å². The number of hydrogen-bond donors (Lipinski definition) is 0. The van der Waals surface area contributed by atoms with E-state index in [2.05, 4.69) is 15.9 Å². The van der Waals surface area contributed by atoms with Crippen LogP contribution in [0.4, 0.5) is 0 Å². The second-order valence-electron chi connectivity index (χ2n) is 2.51. The van der Waals surface area contributed by atoms with E-state index in [-0.39, 0.29) is 11.2 Å². The van der Waals surface area contributed by atoms with Gasteiger partial charge in [0.1, 0.15) is 0 Å².